The molecular formula is C50H38N2. The summed E-state index contributed by atoms with van der Waals surface area (Å²) >= 11 is 0. The standard InChI is InChI=1S/C50H38N2/c1-2-51-48-24-10-9-22-47(48)50-46(23-13-25-49(50)51)42-18-11-16-40(34-42)41-17-12-21-45(35-41)52(43-19-7-4-8-20-43)44-32-30-39(31-33-44)38-28-26-37(27-29-38)36-14-5-3-6-15-36/h3-35H,2H2,1H3. The molecule has 248 valence electrons. The zero-order chi connectivity index (χ0) is 34.9. The maximum Gasteiger partial charge on any atom is 0.0497 e. The summed E-state index contributed by atoms with van der Waals surface area (Å²) in [7, 11) is 0. The molecule has 0 radical (unpaired) electrons. The van der Waals surface area contributed by atoms with Gasteiger partial charge in [-0.2, -0.15) is 0 Å². The third kappa shape index (κ3) is 5.75. The van der Waals surface area contributed by atoms with Gasteiger partial charge in [0.1, 0.15) is 0 Å². The first-order valence-electron chi connectivity index (χ1n) is 18.1. The number of hydrogen-bond donors (Lipinski definition) is 0. The summed E-state index contributed by atoms with van der Waals surface area (Å²) in [4.78, 5) is 2.34. The van der Waals surface area contributed by atoms with Crippen molar-refractivity contribution in [2.24, 2.45) is 0 Å². The Morgan fingerprint density at radius 3 is 1.56 bits per heavy atom. The molecule has 8 aromatic carbocycles. The Morgan fingerprint density at radius 2 is 0.846 bits per heavy atom. The summed E-state index contributed by atoms with van der Waals surface area (Å²) in [6.45, 7) is 3.16. The van der Waals surface area contributed by atoms with E-state index in [2.05, 4.69) is 217 Å². The van der Waals surface area contributed by atoms with Crippen molar-refractivity contribution < 1.29 is 0 Å². The Morgan fingerprint density at radius 1 is 0.365 bits per heavy atom. The van der Waals surface area contributed by atoms with Gasteiger partial charge in [0.2, 0.25) is 0 Å². The lowest BCUT2D eigenvalue weighted by molar-refractivity contribution is 0.827. The summed E-state index contributed by atoms with van der Waals surface area (Å²) < 4.78 is 2.42. The van der Waals surface area contributed by atoms with Crippen LogP contribution >= 0.6 is 0 Å². The SMILES string of the molecule is CCn1c2ccccc2c2c(-c3cccc(-c4cccc(N(c5ccccc5)c5ccc(-c6ccc(-c7ccccc7)cc6)cc5)c4)c3)cccc21. The molecule has 9 aromatic rings. The summed E-state index contributed by atoms with van der Waals surface area (Å²) in [5.41, 5.74) is 15.6. The molecule has 2 nitrogen and oxygen atoms in total. The number of rotatable bonds is 8. The Balaban J connectivity index is 1.07. The predicted molar refractivity (Wildman–Crippen MR) is 222 cm³/mol. The number of para-hydroxylation sites is 2. The van der Waals surface area contributed by atoms with Crippen molar-refractivity contribution >= 4 is 38.9 Å². The van der Waals surface area contributed by atoms with Gasteiger partial charge in [-0.05, 0) is 106 Å². The molecule has 0 aliphatic carbocycles. The fraction of sp³-hybridized carbons (Fsp3) is 0.0400. The second kappa shape index (κ2) is 13.6. The van der Waals surface area contributed by atoms with Gasteiger partial charge in [-0.3, -0.25) is 0 Å². The fourth-order valence-corrected chi connectivity index (χ4v) is 7.68. The van der Waals surface area contributed by atoms with Gasteiger partial charge >= 0.3 is 0 Å². The topological polar surface area (TPSA) is 8.17 Å². The number of anilines is 3. The first-order chi connectivity index (χ1) is 25.7. The molecule has 0 aliphatic rings. The average molecular weight is 667 g/mol. The maximum absolute atomic E-state index is 2.42. The van der Waals surface area contributed by atoms with Crippen LogP contribution in [0.2, 0.25) is 0 Å². The molecule has 0 aliphatic heterocycles. The Labute approximate surface area is 305 Å². The molecule has 1 aromatic heterocycles. The molecule has 0 atom stereocenters. The highest BCUT2D eigenvalue weighted by molar-refractivity contribution is 6.15. The molecule has 0 spiro atoms. The van der Waals surface area contributed by atoms with Crippen LogP contribution in [0.15, 0.2) is 200 Å². The second-order valence-corrected chi connectivity index (χ2v) is 13.3. The lowest BCUT2D eigenvalue weighted by Gasteiger charge is -2.26. The smallest absolute Gasteiger partial charge is 0.0497 e. The van der Waals surface area contributed by atoms with Crippen molar-refractivity contribution in [3.63, 3.8) is 0 Å². The quantitative estimate of drug-likeness (QED) is 0.157. The molecule has 0 saturated carbocycles. The number of benzene rings is 8. The average Bonchev–Trinajstić information content (AvgIpc) is 3.56. The van der Waals surface area contributed by atoms with E-state index >= 15 is 0 Å². The van der Waals surface area contributed by atoms with Crippen LogP contribution in [-0.4, -0.2) is 4.57 Å². The Hall–Kier alpha value is -6.64. The van der Waals surface area contributed by atoms with E-state index < -0.39 is 0 Å². The van der Waals surface area contributed by atoms with Gasteiger partial charge in [0, 0.05) is 45.4 Å². The molecule has 0 unspecified atom stereocenters. The molecule has 9 rings (SSSR count). The highest BCUT2D eigenvalue weighted by Crippen LogP contribution is 2.40. The Kier molecular flexibility index (Phi) is 8.19. The van der Waals surface area contributed by atoms with Gasteiger partial charge in [-0.25, -0.2) is 0 Å². The number of nitrogens with zero attached hydrogens (tertiary/aromatic N) is 2. The van der Waals surface area contributed by atoms with Crippen LogP contribution in [0.25, 0.3) is 66.3 Å². The van der Waals surface area contributed by atoms with Crippen LogP contribution in [0.3, 0.4) is 0 Å². The predicted octanol–water partition coefficient (Wildman–Crippen LogP) is 14.0. The molecule has 0 saturated heterocycles. The van der Waals surface area contributed by atoms with E-state index in [0.29, 0.717) is 0 Å². The highest BCUT2D eigenvalue weighted by Gasteiger charge is 2.16. The largest absolute Gasteiger partial charge is 0.341 e. The third-order valence-corrected chi connectivity index (χ3v) is 10.2. The first-order valence-corrected chi connectivity index (χ1v) is 18.1. The summed E-state index contributed by atoms with van der Waals surface area (Å²) in [6.07, 6.45) is 0. The molecular weight excluding hydrogens is 629 g/mol. The van der Waals surface area contributed by atoms with Crippen molar-refractivity contribution in [3.8, 4) is 44.5 Å². The van der Waals surface area contributed by atoms with E-state index in [4.69, 9.17) is 0 Å². The number of fused-ring (bicyclic) bond motifs is 3. The second-order valence-electron chi connectivity index (χ2n) is 13.3. The van der Waals surface area contributed by atoms with Gasteiger partial charge in [-0.1, -0.05) is 146 Å². The summed E-state index contributed by atoms with van der Waals surface area (Å²) in [5, 5.41) is 2.62. The van der Waals surface area contributed by atoms with Gasteiger partial charge in [0.25, 0.3) is 0 Å². The van der Waals surface area contributed by atoms with Gasteiger partial charge in [0.05, 0.1) is 0 Å². The van der Waals surface area contributed by atoms with Crippen LogP contribution in [0.1, 0.15) is 6.92 Å². The molecule has 0 bridgehead atoms. The maximum atomic E-state index is 2.42. The zero-order valence-electron chi connectivity index (χ0n) is 29.2. The van der Waals surface area contributed by atoms with E-state index in [-0.39, 0.29) is 0 Å². The number of hydrogen-bond acceptors (Lipinski definition) is 1. The molecule has 0 N–H and O–H groups in total. The molecule has 1 heterocycles. The third-order valence-electron chi connectivity index (χ3n) is 10.2. The van der Waals surface area contributed by atoms with Crippen LogP contribution in [-0.2, 0) is 6.54 Å². The Bertz CT molecular complexity index is 2630. The zero-order valence-corrected chi connectivity index (χ0v) is 29.2. The lowest BCUT2D eigenvalue weighted by Crippen LogP contribution is -2.09. The number of aromatic nitrogens is 1. The van der Waals surface area contributed by atoms with Gasteiger partial charge < -0.3 is 9.47 Å². The van der Waals surface area contributed by atoms with Crippen LogP contribution in [0.5, 0.6) is 0 Å². The normalized spacial score (nSPS) is 11.2. The summed E-state index contributed by atoms with van der Waals surface area (Å²) in [6, 6.07) is 72.3. The van der Waals surface area contributed by atoms with Crippen LogP contribution in [0.4, 0.5) is 17.1 Å². The molecule has 2 heteroatoms. The van der Waals surface area contributed by atoms with Crippen molar-refractivity contribution in [1.82, 2.24) is 4.57 Å². The van der Waals surface area contributed by atoms with E-state index in [1.54, 1.807) is 0 Å². The molecule has 52 heavy (non-hydrogen) atoms. The first kappa shape index (κ1) is 31.3. The molecule has 0 amide bonds. The highest BCUT2D eigenvalue weighted by atomic mass is 15.1. The van der Waals surface area contributed by atoms with Gasteiger partial charge in [-0.15, -0.1) is 0 Å². The van der Waals surface area contributed by atoms with Crippen molar-refractivity contribution in [2.75, 3.05) is 4.90 Å². The van der Waals surface area contributed by atoms with Crippen molar-refractivity contribution in [3.05, 3.63) is 200 Å². The number of aryl methyl sites for hydroxylation is 1. The molecule has 0 fully saturated rings. The van der Waals surface area contributed by atoms with Crippen molar-refractivity contribution in [1.29, 1.82) is 0 Å². The van der Waals surface area contributed by atoms with E-state index in [1.807, 2.05) is 0 Å². The van der Waals surface area contributed by atoms with Crippen molar-refractivity contribution in [2.45, 2.75) is 13.5 Å². The fourth-order valence-electron chi connectivity index (χ4n) is 7.68. The van der Waals surface area contributed by atoms with Crippen LogP contribution in [0, 0.1) is 0 Å². The minimum absolute atomic E-state index is 0.933. The van der Waals surface area contributed by atoms with Gasteiger partial charge in [0.15, 0.2) is 0 Å². The van der Waals surface area contributed by atoms with E-state index in [1.165, 1.54) is 66.3 Å². The monoisotopic (exact) mass is 666 g/mol. The summed E-state index contributed by atoms with van der Waals surface area (Å²) in [5.74, 6) is 0. The van der Waals surface area contributed by atoms with Crippen LogP contribution < -0.4 is 4.90 Å². The van der Waals surface area contributed by atoms with E-state index in [9.17, 15) is 0 Å². The van der Waals surface area contributed by atoms with E-state index in [0.717, 1.165) is 23.6 Å². The minimum Gasteiger partial charge on any atom is -0.341 e. The minimum atomic E-state index is 0.933. The lowest BCUT2D eigenvalue weighted by atomic mass is 9.95.